The van der Waals surface area contributed by atoms with Gasteiger partial charge in [0.2, 0.25) is 0 Å². The Hall–Kier alpha value is -3.15. The average Bonchev–Trinajstić information content (AvgIpc) is 3.41. The van der Waals surface area contributed by atoms with E-state index in [1.807, 2.05) is 18.2 Å². The number of imidazole rings is 1. The maximum absolute atomic E-state index is 14.4. The summed E-state index contributed by atoms with van der Waals surface area (Å²) < 4.78 is 14.4. The molecular weight excluding hydrogens is 317 g/mol. The van der Waals surface area contributed by atoms with E-state index in [-0.39, 0.29) is 5.82 Å². The van der Waals surface area contributed by atoms with Crippen molar-refractivity contribution in [3.05, 3.63) is 60.7 Å². The Morgan fingerprint density at radius 2 is 1.88 bits per heavy atom. The first-order valence-corrected chi connectivity index (χ1v) is 8.20. The van der Waals surface area contributed by atoms with E-state index in [9.17, 15) is 4.39 Å². The summed E-state index contributed by atoms with van der Waals surface area (Å²) in [6.07, 6.45) is 8.54. The molecule has 25 heavy (non-hydrogen) atoms. The van der Waals surface area contributed by atoms with E-state index < -0.39 is 0 Å². The first kappa shape index (κ1) is 14.2. The van der Waals surface area contributed by atoms with Crippen LogP contribution < -0.4 is 0 Å². The maximum atomic E-state index is 14.4. The standard InChI is InChI=1S/C19H14FN5/c20-15-10-22-7-5-13(15)14-8-16-19(25-18(23-16)11-3-4-11)24-17(14)12-2-1-6-21-9-12/h1-2,5-11H,3-4H2,(H,23,24,25). The highest BCUT2D eigenvalue weighted by Gasteiger charge is 2.27. The van der Waals surface area contributed by atoms with Crippen LogP contribution in [0.25, 0.3) is 33.5 Å². The summed E-state index contributed by atoms with van der Waals surface area (Å²) >= 11 is 0. The Balaban J connectivity index is 1.79. The van der Waals surface area contributed by atoms with Crippen molar-refractivity contribution in [3.63, 3.8) is 0 Å². The highest BCUT2D eigenvalue weighted by Crippen LogP contribution is 2.40. The molecule has 0 aromatic carbocycles. The predicted octanol–water partition coefficient (Wildman–Crippen LogP) is 4.10. The number of aromatic nitrogens is 5. The van der Waals surface area contributed by atoms with Gasteiger partial charge in [-0.2, -0.15) is 0 Å². The fourth-order valence-electron chi connectivity index (χ4n) is 3.03. The molecule has 1 aliphatic carbocycles. The Kier molecular flexibility index (Phi) is 3.09. The lowest BCUT2D eigenvalue weighted by atomic mass is 10.0. The van der Waals surface area contributed by atoms with Gasteiger partial charge in [-0.1, -0.05) is 0 Å². The third-order valence-corrected chi connectivity index (χ3v) is 4.45. The second kappa shape index (κ2) is 5.44. The van der Waals surface area contributed by atoms with Crippen molar-refractivity contribution in [1.29, 1.82) is 0 Å². The zero-order chi connectivity index (χ0) is 16.8. The minimum Gasteiger partial charge on any atom is -0.340 e. The SMILES string of the molecule is Fc1cnccc1-c1cc2[nH]c(C3CC3)nc2nc1-c1cccnc1. The summed E-state index contributed by atoms with van der Waals surface area (Å²) in [7, 11) is 0. The molecule has 1 aliphatic rings. The van der Waals surface area contributed by atoms with Gasteiger partial charge < -0.3 is 4.98 Å². The van der Waals surface area contributed by atoms with Gasteiger partial charge in [-0.25, -0.2) is 14.4 Å². The van der Waals surface area contributed by atoms with E-state index in [1.165, 1.54) is 6.20 Å². The van der Waals surface area contributed by atoms with Crippen molar-refractivity contribution in [1.82, 2.24) is 24.9 Å². The number of halogens is 1. The molecule has 1 fully saturated rings. The van der Waals surface area contributed by atoms with Gasteiger partial charge in [0, 0.05) is 41.2 Å². The molecule has 0 saturated heterocycles. The first-order valence-electron chi connectivity index (χ1n) is 8.20. The number of rotatable bonds is 3. The van der Waals surface area contributed by atoms with Crippen LogP contribution in [0.15, 0.2) is 49.1 Å². The summed E-state index contributed by atoms with van der Waals surface area (Å²) in [4.78, 5) is 20.7. The summed E-state index contributed by atoms with van der Waals surface area (Å²) in [6, 6.07) is 7.34. The number of fused-ring (bicyclic) bond motifs is 1. The quantitative estimate of drug-likeness (QED) is 0.614. The fraction of sp³-hybridized carbons (Fsp3) is 0.158. The number of aromatic amines is 1. The molecule has 0 unspecified atom stereocenters. The molecule has 0 aliphatic heterocycles. The highest BCUT2D eigenvalue weighted by molar-refractivity contribution is 5.88. The van der Waals surface area contributed by atoms with Gasteiger partial charge in [-0.05, 0) is 37.1 Å². The van der Waals surface area contributed by atoms with E-state index in [1.54, 1.807) is 24.7 Å². The van der Waals surface area contributed by atoms with E-state index >= 15 is 0 Å². The molecule has 1 saturated carbocycles. The smallest absolute Gasteiger partial charge is 0.178 e. The maximum Gasteiger partial charge on any atom is 0.178 e. The van der Waals surface area contributed by atoms with Crippen molar-refractivity contribution < 1.29 is 4.39 Å². The fourth-order valence-corrected chi connectivity index (χ4v) is 3.03. The Labute approximate surface area is 143 Å². The normalized spacial score (nSPS) is 14.1. The van der Waals surface area contributed by atoms with Crippen LogP contribution >= 0.6 is 0 Å². The van der Waals surface area contributed by atoms with E-state index in [2.05, 4.69) is 19.9 Å². The third kappa shape index (κ3) is 2.46. The van der Waals surface area contributed by atoms with Crippen molar-refractivity contribution in [2.45, 2.75) is 18.8 Å². The van der Waals surface area contributed by atoms with Gasteiger partial charge in [0.25, 0.3) is 0 Å². The number of hydrogen-bond acceptors (Lipinski definition) is 4. The van der Waals surface area contributed by atoms with Gasteiger partial charge in [0.1, 0.15) is 11.6 Å². The molecule has 0 bridgehead atoms. The van der Waals surface area contributed by atoms with Crippen LogP contribution in [0.1, 0.15) is 24.6 Å². The Morgan fingerprint density at radius 3 is 2.64 bits per heavy atom. The Morgan fingerprint density at radius 1 is 1.00 bits per heavy atom. The zero-order valence-corrected chi connectivity index (χ0v) is 13.3. The third-order valence-electron chi connectivity index (χ3n) is 4.45. The van der Waals surface area contributed by atoms with Crippen LogP contribution in [-0.4, -0.2) is 24.9 Å². The second-order valence-corrected chi connectivity index (χ2v) is 6.25. The summed E-state index contributed by atoms with van der Waals surface area (Å²) in [5, 5.41) is 0. The first-order chi connectivity index (χ1) is 12.3. The highest BCUT2D eigenvalue weighted by atomic mass is 19.1. The number of H-pyrrole nitrogens is 1. The van der Waals surface area contributed by atoms with Crippen molar-refractivity contribution in [3.8, 4) is 22.4 Å². The molecule has 4 aromatic heterocycles. The van der Waals surface area contributed by atoms with Crippen LogP contribution in [0, 0.1) is 5.82 Å². The molecule has 0 spiro atoms. The van der Waals surface area contributed by atoms with Gasteiger partial charge in [-0.3, -0.25) is 9.97 Å². The van der Waals surface area contributed by atoms with Crippen LogP contribution in [0.3, 0.4) is 0 Å². The molecule has 0 atom stereocenters. The van der Waals surface area contributed by atoms with Crippen molar-refractivity contribution in [2.24, 2.45) is 0 Å². The summed E-state index contributed by atoms with van der Waals surface area (Å²) in [5.41, 5.74) is 4.13. The lowest BCUT2D eigenvalue weighted by molar-refractivity contribution is 0.625. The minimum atomic E-state index is -0.379. The molecule has 5 rings (SSSR count). The van der Waals surface area contributed by atoms with E-state index in [4.69, 9.17) is 4.98 Å². The van der Waals surface area contributed by atoms with E-state index in [0.717, 1.165) is 29.7 Å². The van der Waals surface area contributed by atoms with Gasteiger partial charge in [-0.15, -0.1) is 0 Å². The van der Waals surface area contributed by atoms with Crippen LogP contribution in [0.4, 0.5) is 4.39 Å². The molecule has 122 valence electrons. The van der Waals surface area contributed by atoms with Crippen LogP contribution in [-0.2, 0) is 0 Å². The molecule has 4 heterocycles. The number of nitrogens with zero attached hydrogens (tertiary/aromatic N) is 4. The lowest BCUT2D eigenvalue weighted by Gasteiger charge is -2.09. The van der Waals surface area contributed by atoms with Gasteiger partial charge in [0.15, 0.2) is 5.65 Å². The number of nitrogens with one attached hydrogen (secondary N) is 1. The predicted molar refractivity (Wildman–Crippen MR) is 92.3 cm³/mol. The van der Waals surface area contributed by atoms with E-state index in [0.29, 0.717) is 28.4 Å². The topological polar surface area (TPSA) is 67.3 Å². The number of pyridine rings is 3. The van der Waals surface area contributed by atoms with Crippen molar-refractivity contribution in [2.75, 3.05) is 0 Å². The molecule has 6 heteroatoms. The minimum absolute atomic E-state index is 0.379. The molecule has 0 radical (unpaired) electrons. The average molecular weight is 331 g/mol. The second-order valence-electron chi connectivity index (χ2n) is 6.25. The molecule has 1 N–H and O–H groups in total. The summed E-state index contributed by atoms with van der Waals surface area (Å²) in [5.74, 6) is 1.08. The molecule has 5 nitrogen and oxygen atoms in total. The Bertz CT molecular complexity index is 1070. The van der Waals surface area contributed by atoms with Crippen LogP contribution in [0.5, 0.6) is 0 Å². The molecule has 4 aromatic rings. The van der Waals surface area contributed by atoms with Crippen LogP contribution in [0.2, 0.25) is 0 Å². The monoisotopic (exact) mass is 331 g/mol. The van der Waals surface area contributed by atoms with Crippen molar-refractivity contribution >= 4 is 11.2 Å². The van der Waals surface area contributed by atoms with Gasteiger partial charge >= 0.3 is 0 Å². The zero-order valence-electron chi connectivity index (χ0n) is 13.3. The number of hydrogen-bond donors (Lipinski definition) is 1. The summed E-state index contributed by atoms with van der Waals surface area (Å²) in [6.45, 7) is 0. The largest absolute Gasteiger partial charge is 0.340 e. The van der Waals surface area contributed by atoms with Gasteiger partial charge in [0.05, 0.1) is 17.4 Å². The molecular formula is C19H14FN5. The molecule has 0 amide bonds. The lowest BCUT2D eigenvalue weighted by Crippen LogP contribution is -1.94.